The second kappa shape index (κ2) is 7.01. The molecule has 1 unspecified atom stereocenters. The van der Waals surface area contributed by atoms with Crippen molar-refractivity contribution in [1.29, 1.82) is 0 Å². The Bertz CT molecular complexity index is 391. The van der Waals surface area contributed by atoms with Crippen molar-refractivity contribution in [2.75, 3.05) is 13.7 Å². The van der Waals surface area contributed by atoms with E-state index in [0.29, 0.717) is 12.6 Å². The van der Waals surface area contributed by atoms with Gasteiger partial charge in [-0.2, -0.15) is 0 Å². The third-order valence-electron chi connectivity index (χ3n) is 2.64. The van der Waals surface area contributed by atoms with E-state index in [1.54, 1.807) is 7.11 Å². The molecule has 0 aromatic heterocycles. The van der Waals surface area contributed by atoms with Crippen LogP contribution in [-0.2, 0) is 4.79 Å². The number of carbonyl (C=O) groups excluding carboxylic acids is 1. The van der Waals surface area contributed by atoms with Crippen LogP contribution in [0.15, 0.2) is 24.3 Å². The summed E-state index contributed by atoms with van der Waals surface area (Å²) in [5, 5.41) is 6.03. The van der Waals surface area contributed by atoms with Crippen molar-refractivity contribution in [3.05, 3.63) is 29.8 Å². The van der Waals surface area contributed by atoms with Crippen LogP contribution in [0.1, 0.15) is 32.4 Å². The van der Waals surface area contributed by atoms with Crippen molar-refractivity contribution in [3.8, 4) is 5.75 Å². The average molecular weight is 250 g/mol. The fourth-order valence-corrected chi connectivity index (χ4v) is 1.58. The summed E-state index contributed by atoms with van der Waals surface area (Å²) < 4.78 is 5.16. The van der Waals surface area contributed by atoms with Gasteiger partial charge in [0.15, 0.2) is 0 Å². The molecule has 0 aliphatic carbocycles. The van der Waals surface area contributed by atoms with E-state index in [4.69, 9.17) is 4.74 Å². The van der Waals surface area contributed by atoms with Crippen LogP contribution in [0.4, 0.5) is 0 Å². The summed E-state index contributed by atoms with van der Waals surface area (Å²) in [6.45, 7) is 6.32. The molecule has 0 aliphatic heterocycles. The van der Waals surface area contributed by atoms with Crippen LogP contribution in [0.5, 0.6) is 5.75 Å². The Hall–Kier alpha value is -1.55. The van der Waals surface area contributed by atoms with Gasteiger partial charge >= 0.3 is 0 Å². The maximum absolute atomic E-state index is 11.7. The molecule has 4 heteroatoms. The number of hydrogen-bond donors (Lipinski definition) is 2. The van der Waals surface area contributed by atoms with Gasteiger partial charge in [0.2, 0.25) is 5.91 Å². The molecule has 0 saturated carbocycles. The van der Waals surface area contributed by atoms with E-state index in [1.807, 2.05) is 45.0 Å². The van der Waals surface area contributed by atoms with E-state index in [9.17, 15) is 4.79 Å². The average Bonchev–Trinajstić information content (AvgIpc) is 2.36. The van der Waals surface area contributed by atoms with Crippen molar-refractivity contribution in [2.45, 2.75) is 32.9 Å². The molecule has 0 saturated heterocycles. The van der Waals surface area contributed by atoms with Crippen LogP contribution in [0.2, 0.25) is 0 Å². The van der Waals surface area contributed by atoms with Crippen molar-refractivity contribution in [2.24, 2.45) is 0 Å². The lowest BCUT2D eigenvalue weighted by atomic mass is 10.1. The van der Waals surface area contributed by atoms with Crippen LogP contribution >= 0.6 is 0 Å². The minimum absolute atomic E-state index is 0.000908. The third kappa shape index (κ3) is 4.75. The zero-order valence-electron chi connectivity index (χ0n) is 11.5. The van der Waals surface area contributed by atoms with Crippen LogP contribution < -0.4 is 15.4 Å². The smallest absolute Gasteiger partial charge is 0.234 e. The standard InChI is InChI=1S/C14H22N2O2/c1-10(2)15-9-14(17)16-11(3)12-6-5-7-13(8-12)18-4/h5-8,10-11,15H,9H2,1-4H3,(H,16,17). The molecule has 0 bridgehead atoms. The highest BCUT2D eigenvalue weighted by Gasteiger charge is 2.10. The first kappa shape index (κ1) is 14.5. The van der Waals surface area contributed by atoms with Crippen molar-refractivity contribution >= 4 is 5.91 Å². The molecule has 18 heavy (non-hydrogen) atoms. The number of amides is 1. The fraction of sp³-hybridized carbons (Fsp3) is 0.500. The molecule has 4 nitrogen and oxygen atoms in total. The van der Waals surface area contributed by atoms with Gasteiger partial charge in [0, 0.05) is 6.04 Å². The Morgan fingerprint density at radius 3 is 2.67 bits per heavy atom. The minimum atomic E-state index is -0.0263. The van der Waals surface area contributed by atoms with E-state index in [0.717, 1.165) is 11.3 Å². The van der Waals surface area contributed by atoms with Crippen molar-refractivity contribution < 1.29 is 9.53 Å². The number of rotatable bonds is 6. The molecule has 1 aromatic rings. The zero-order valence-corrected chi connectivity index (χ0v) is 11.5. The topological polar surface area (TPSA) is 50.4 Å². The van der Waals surface area contributed by atoms with E-state index in [1.165, 1.54) is 0 Å². The second-order valence-electron chi connectivity index (χ2n) is 4.60. The number of hydrogen-bond acceptors (Lipinski definition) is 3. The van der Waals surface area contributed by atoms with Gasteiger partial charge < -0.3 is 15.4 Å². The van der Waals surface area contributed by atoms with Gasteiger partial charge in [-0.25, -0.2) is 0 Å². The maximum atomic E-state index is 11.7. The van der Waals surface area contributed by atoms with Gasteiger partial charge in [-0.1, -0.05) is 26.0 Å². The fourth-order valence-electron chi connectivity index (χ4n) is 1.58. The van der Waals surface area contributed by atoms with Crippen LogP contribution in [-0.4, -0.2) is 25.6 Å². The molecular weight excluding hydrogens is 228 g/mol. The van der Waals surface area contributed by atoms with Gasteiger partial charge in [-0.05, 0) is 24.6 Å². The molecule has 1 atom stereocenters. The molecule has 100 valence electrons. The molecular formula is C14H22N2O2. The summed E-state index contributed by atoms with van der Waals surface area (Å²) in [5.41, 5.74) is 1.03. The SMILES string of the molecule is COc1cccc(C(C)NC(=O)CNC(C)C)c1. The van der Waals surface area contributed by atoms with Gasteiger partial charge in [0.05, 0.1) is 19.7 Å². The van der Waals surface area contributed by atoms with Crippen LogP contribution in [0, 0.1) is 0 Å². The Morgan fingerprint density at radius 2 is 2.06 bits per heavy atom. The van der Waals surface area contributed by atoms with Crippen LogP contribution in [0.3, 0.4) is 0 Å². The molecule has 1 rings (SSSR count). The molecule has 1 amide bonds. The van der Waals surface area contributed by atoms with E-state index in [2.05, 4.69) is 10.6 Å². The van der Waals surface area contributed by atoms with E-state index in [-0.39, 0.29) is 11.9 Å². The molecule has 0 fully saturated rings. The monoisotopic (exact) mass is 250 g/mol. The molecule has 0 heterocycles. The summed E-state index contributed by atoms with van der Waals surface area (Å²) in [6, 6.07) is 8.00. The van der Waals surface area contributed by atoms with Crippen molar-refractivity contribution in [1.82, 2.24) is 10.6 Å². The summed E-state index contributed by atoms with van der Waals surface area (Å²) in [7, 11) is 1.63. The lowest BCUT2D eigenvalue weighted by molar-refractivity contribution is -0.121. The quantitative estimate of drug-likeness (QED) is 0.810. The van der Waals surface area contributed by atoms with Gasteiger partial charge in [-0.15, -0.1) is 0 Å². The molecule has 0 radical (unpaired) electrons. The first-order chi connectivity index (χ1) is 8.52. The lowest BCUT2D eigenvalue weighted by Crippen LogP contribution is -2.37. The first-order valence-electron chi connectivity index (χ1n) is 6.19. The molecule has 1 aromatic carbocycles. The van der Waals surface area contributed by atoms with E-state index < -0.39 is 0 Å². The Balaban J connectivity index is 2.53. The van der Waals surface area contributed by atoms with E-state index >= 15 is 0 Å². The predicted molar refractivity (Wildman–Crippen MR) is 72.7 cm³/mol. The largest absolute Gasteiger partial charge is 0.497 e. The second-order valence-corrected chi connectivity index (χ2v) is 4.60. The molecule has 2 N–H and O–H groups in total. The zero-order chi connectivity index (χ0) is 13.5. The Kier molecular flexibility index (Phi) is 5.65. The summed E-state index contributed by atoms with van der Waals surface area (Å²) in [4.78, 5) is 11.7. The molecule has 0 aliphatic rings. The summed E-state index contributed by atoms with van der Waals surface area (Å²) in [5.74, 6) is 0.799. The normalized spacial score (nSPS) is 12.3. The highest BCUT2D eigenvalue weighted by Crippen LogP contribution is 2.18. The number of methoxy groups -OCH3 is 1. The van der Waals surface area contributed by atoms with Gasteiger partial charge in [0.25, 0.3) is 0 Å². The highest BCUT2D eigenvalue weighted by molar-refractivity contribution is 5.78. The summed E-state index contributed by atoms with van der Waals surface area (Å²) in [6.07, 6.45) is 0. The number of carbonyl (C=O) groups is 1. The maximum Gasteiger partial charge on any atom is 0.234 e. The minimum Gasteiger partial charge on any atom is -0.497 e. The Labute approximate surface area is 109 Å². The number of nitrogens with one attached hydrogen (secondary N) is 2. The lowest BCUT2D eigenvalue weighted by Gasteiger charge is -2.16. The molecule has 0 spiro atoms. The van der Waals surface area contributed by atoms with Crippen molar-refractivity contribution in [3.63, 3.8) is 0 Å². The van der Waals surface area contributed by atoms with Gasteiger partial charge in [0.1, 0.15) is 5.75 Å². The number of benzene rings is 1. The summed E-state index contributed by atoms with van der Waals surface area (Å²) >= 11 is 0. The highest BCUT2D eigenvalue weighted by atomic mass is 16.5. The Morgan fingerprint density at radius 1 is 1.33 bits per heavy atom. The van der Waals surface area contributed by atoms with Crippen LogP contribution in [0.25, 0.3) is 0 Å². The van der Waals surface area contributed by atoms with Gasteiger partial charge in [-0.3, -0.25) is 4.79 Å². The first-order valence-corrected chi connectivity index (χ1v) is 6.19. The third-order valence-corrected chi connectivity index (χ3v) is 2.64. The number of ether oxygens (including phenoxy) is 1. The predicted octanol–water partition coefficient (Wildman–Crippen LogP) is 1.87.